The summed E-state index contributed by atoms with van der Waals surface area (Å²) in [7, 11) is 4.22. The highest BCUT2D eigenvalue weighted by molar-refractivity contribution is 5.87. The summed E-state index contributed by atoms with van der Waals surface area (Å²) in [5, 5.41) is 4.73. The second-order valence-electron chi connectivity index (χ2n) is 7.64. The fourth-order valence-electron chi connectivity index (χ4n) is 3.58. The first-order valence-electron chi connectivity index (χ1n) is 8.32. The molecule has 0 bridgehead atoms. The van der Waals surface area contributed by atoms with E-state index in [0.29, 0.717) is 0 Å². The Bertz CT molecular complexity index is 704. The van der Waals surface area contributed by atoms with Crippen LogP contribution in [-0.2, 0) is 26.6 Å². The molecule has 1 aliphatic rings. The number of hydrogen-bond acceptors (Lipinski definition) is 2. The second kappa shape index (κ2) is 5.39. The van der Waals surface area contributed by atoms with Crippen molar-refractivity contribution in [1.29, 1.82) is 0 Å². The van der Waals surface area contributed by atoms with E-state index in [2.05, 4.69) is 61.7 Å². The smallest absolute Gasteiger partial charge is 0.0486 e. The minimum atomic E-state index is 0.232. The third kappa shape index (κ3) is 2.46. The van der Waals surface area contributed by atoms with Crippen LogP contribution in [-0.4, -0.2) is 28.6 Å². The minimum absolute atomic E-state index is 0.232. The lowest BCUT2D eigenvalue weighted by Gasteiger charge is -2.31. The molecule has 0 radical (unpaired) electrons. The van der Waals surface area contributed by atoms with Gasteiger partial charge in [0.2, 0.25) is 0 Å². The molecule has 3 heteroatoms. The van der Waals surface area contributed by atoms with Gasteiger partial charge in [0.15, 0.2) is 0 Å². The number of hydrogen-bond donors (Lipinski definition) is 1. The highest BCUT2D eigenvalue weighted by Crippen LogP contribution is 2.34. The van der Waals surface area contributed by atoms with Gasteiger partial charge in [0.25, 0.3) is 0 Å². The van der Waals surface area contributed by atoms with E-state index in [9.17, 15) is 0 Å². The molecule has 0 unspecified atom stereocenters. The minimum Gasteiger partial charge on any atom is -0.348 e. The molecule has 0 spiro atoms. The van der Waals surface area contributed by atoms with Gasteiger partial charge in [-0.25, -0.2) is 0 Å². The van der Waals surface area contributed by atoms with Crippen molar-refractivity contribution in [2.75, 3.05) is 13.6 Å². The van der Waals surface area contributed by atoms with E-state index in [1.807, 2.05) is 7.05 Å². The van der Waals surface area contributed by atoms with Gasteiger partial charge in [-0.3, -0.25) is 4.90 Å². The molecule has 1 aromatic carbocycles. The van der Waals surface area contributed by atoms with Crippen molar-refractivity contribution in [1.82, 2.24) is 14.8 Å². The third-order valence-electron chi connectivity index (χ3n) is 5.24. The van der Waals surface area contributed by atoms with Crippen LogP contribution in [0.15, 0.2) is 12.1 Å². The molecule has 3 nitrogen and oxygen atoms in total. The van der Waals surface area contributed by atoms with Crippen LogP contribution in [0, 0.1) is 6.92 Å². The summed E-state index contributed by atoms with van der Waals surface area (Å²) in [6.45, 7) is 12.4. The number of aryl methyl sites for hydroxylation is 1. The van der Waals surface area contributed by atoms with Crippen molar-refractivity contribution in [3.8, 4) is 0 Å². The Morgan fingerprint density at radius 2 is 1.77 bits per heavy atom. The standard InChI is InChI=1S/C19H29N3/c1-13-16(7-8-20-5)17-9-14-11-22(19(2,3)4)12-15(14)10-18(17)21(13)6/h9-10,20H,7-8,11-12H2,1-6H3. The molecule has 0 saturated carbocycles. The van der Waals surface area contributed by atoms with Gasteiger partial charge in [-0.2, -0.15) is 0 Å². The lowest BCUT2D eigenvalue weighted by atomic mass is 10.0. The summed E-state index contributed by atoms with van der Waals surface area (Å²) in [6, 6.07) is 4.88. The van der Waals surface area contributed by atoms with Gasteiger partial charge >= 0.3 is 0 Å². The van der Waals surface area contributed by atoms with Gasteiger partial charge < -0.3 is 9.88 Å². The normalized spacial score (nSPS) is 15.7. The first kappa shape index (κ1) is 15.6. The van der Waals surface area contributed by atoms with Crippen LogP contribution < -0.4 is 5.32 Å². The van der Waals surface area contributed by atoms with Gasteiger partial charge in [-0.1, -0.05) is 0 Å². The quantitative estimate of drug-likeness (QED) is 0.938. The van der Waals surface area contributed by atoms with E-state index < -0.39 is 0 Å². The molecule has 0 saturated heterocycles. The van der Waals surface area contributed by atoms with Gasteiger partial charge in [0.05, 0.1) is 0 Å². The molecule has 0 aliphatic carbocycles. The van der Waals surface area contributed by atoms with Gasteiger partial charge in [0.1, 0.15) is 0 Å². The first-order chi connectivity index (χ1) is 10.3. The summed E-state index contributed by atoms with van der Waals surface area (Å²) in [5.74, 6) is 0. The predicted molar refractivity (Wildman–Crippen MR) is 94.3 cm³/mol. The highest BCUT2D eigenvalue weighted by Gasteiger charge is 2.29. The van der Waals surface area contributed by atoms with Crippen molar-refractivity contribution in [2.24, 2.45) is 7.05 Å². The Hall–Kier alpha value is -1.32. The number of likely N-dealkylation sites (N-methyl/N-ethyl adjacent to an activating group) is 1. The van der Waals surface area contributed by atoms with Crippen LogP contribution in [0.2, 0.25) is 0 Å². The molecule has 0 amide bonds. The maximum Gasteiger partial charge on any atom is 0.0486 e. The number of nitrogens with one attached hydrogen (secondary N) is 1. The SMILES string of the molecule is CNCCc1c(C)n(C)c2cc3c(cc12)CN(C(C)(C)C)C3. The van der Waals surface area contributed by atoms with Crippen LogP contribution in [0.3, 0.4) is 0 Å². The molecule has 1 N–H and O–H groups in total. The largest absolute Gasteiger partial charge is 0.348 e. The van der Waals surface area contributed by atoms with Gasteiger partial charge in [-0.05, 0) is 76.5 Å². The number of rotatable bonds is 3. The molecular formula is C19H29N3. The fraction of sp³-hybridized carbons (Fsp3) is 0.579. The molecule has 2 heterocycles. The van der Waals surface area contributed by atoms with Crippen molar-refractivity contribution < 1.29 is 0 Å². The molecule has 2 aromatic rings. The van der Waals surface area contributed by atoms with Crippen molar-refractivity contribution >= 4 is 10.9 Å². The van der Waals surface area contributed by atoms with E-state index in [1.54, 1.807) is 0 Å². The Labute approximate surface area is 134 Å². The van der Waals surface area contributed by atoms with E-state index in [1.165, 1.54) is 33.3 Å². The number of fused-ring (bicyclic) bond motifs is 2. The van der Waals surface area contributed by atoms with Crippen LogP contribution >= 0.6 is 0 Å². The molecule has 120 valence electrons. The summed E-state index contributed by atoms with van der Waals surface area (Å²) < 4.78 is 2.36. The molecular weight excluding hydrogens is 270 g/mol. The van der Waals surface area contributed by atoms with Gasteiger partial charge in [-0.15, -0.1) is 0 Å². The Morgan fingerprint density at radius 1 is 1.14 bits per heavy atom. The molecule has 0 fully saturated rings. The Morgan fingerprint density at radius 3 is 2.36 bits per heavy atom. The van der Waals surface area contributed by atoms with Gasteiger partial charge in [0, 0.05) is 42.3 Å². The maximum atomic E-state index is 3.28. The number of benzene rings is 1. The second-order valence-corrected chi connectivity index (χ2v) is 7.64. The molecule has 1 aromatic heterocycles. The highest BCUT2D eigenvalue weighted by atomic mass is 15.2. The summed E-state index contributed by atoms with van der Waals surface area (Å²) in [4.78, 5) is 2.57. The lowest BCUT2D eigenvalue weighted by molar-refractivity contribution is 0.136. The van der Waals surface area contributed by atoms with Crippen LogP contribution in [0.4, 0.5) is 0 Å². The average Bonchev–Trinajstić information content (AvgIpc) is 2.96. The van der Waals surface area contributed by atoms with Crippen LogP contribution in [0.25, 0.3) is 10.9 Å². The third-order valence-corrected chi connectivity index (χ3v) is 5.24. The zero-order chi connectivity index (χ0) is 16.1. The Balaban J connectivity index is 2.06. The summed E-state index contributed by atoms with van der Waals surface area (Å²) in [5.41, 5.74) is 7.54. The molecule has 22 heavy (non-hydrogen) atoms. The van der Waals surface area contributed by atoms with Crippen molar-refractivity contribution in [3.63, 3.8) is 0 Å². The van der Waals surface area contributed by atoms with E-state index in [0.717, 1.165) is 26.1 Å². The van der Waals surface area contributed by atoms with Crippen LogP contribution in [0.5, 0.6) is 0 Å². The van der Waals surface area contributed by atoms with Crippen molar-refractivity contribution in [2.45, 2.75) is 52.7 Å². The van der Waals surface area contributed by atoms with Crippen LogP contribution in [0.1, 0.15) is 43.2 Å². The molecule has 1 aliphatic heterocycles. The van der Waals surface area contributed by atoms with E-state index >= 15 is 0 Å². The van der Waals surface area contributed by atoms with E-state index in [4.69, 9.17) is 0 Å². The Kier molecular flexibility index (Phi) is 3.82. The number of aromatic nitrogens is 1. The van der Waals surface area contributed by atoms with E-state index in [-0.39, 0.29) is 5.54 Å². The lowest BCUT2D eigenvalue weighted by Crippen LogP contribution is -2.36. The predicted octanol–water partition coefficient (Wildman–Crippen LogP) is 3.36. The maximum absolute atomic E-state index is 3.28. The zero-order valence-electron chi connectivity index (χ0n) is 14.9. The molecule has 3 rings (SSSR count). The topological polar surface area (TPSA) is 20.2 Å². The first-order valence-corrected chi connectivity index (χ1v) is 8.32. The number of nitrogens with zero attached hydrogens (tertiary/aromatic N) is 2. The average molecular weight is 299 g/mol. The fourth-order valence-corrected chi connectivity index (χ4v) is 3.58. The summed E-state index contributed by atoms with van der Waals surface area (Å²) >= 11 is 0. The monoisotopic (exact) mass is 299 g/mol. The summed E-state index contributed by atoms with van der Waals surface area (Å²) in [6.07, 6.45) is 1.10. The van der Waals surface area contributed by atoms with Crippen molar-refractivity contribution in [3.05, 3.63) is 34.5 Å². The molecule has 0 atom stereocenters. The zero-order valence-corrected chi connectivity index (χ0v) is 14.9.